The molecule has 0 saturated carbocycles. The Labute approximate surface area is 117 Å². The Morgan fingerprint density at radius 2 is 1.95 bits per heavy atom. The molecule has 3 heteroatoms. The van der Waals surface area contributed by atoms with Crippen molar-refractivity contribution in [2.45, 2.75) is 45.7 Å². The van der Waals surface area contributed by atoms with E-state index in [1.54, 1.807) is 6.07 Å². The summed E-state index contributed by atoms with van der Waals surface area (Å²) in [7, 11) is 2.07. The van der Waals surface area contributed by atoms with Crippen LogP contribution in [0.1, 0.15) is 45.2 Å². The first-order chi connectivity index (χ1) is 9.10. The van der Waals surface area contributed by atoms with Crippen LogP contribution in [0.3, 0.4) is 0 Å². The van der Waals surface area contributed by atoms with Crippen LogP contribution in [-0.2, 0) is 0 Å². The van der Waals surface area contributed by atoms with E-state index in [0.29, 0.717) is 6.04 Å². The number of halogens is 1. The topological polar surface area (TPSA) is 15.3 Å². The highest BCUT2D eigenvalue weighted by molar-refractivity contribution is 5.20. The lowest BCUT2D eigenvalue weighted by molar-refractivity contribution is 0.222. The molecule has 0 heterocycles. The quantitative estimate of drug-likeness (QED) is 0.773. The molecule has 2 nitrogen and oxygen atoms in total. The lowest BCUT2D eigenvalue weighted by Gasteiger charge is -2.30. The summed E-state index contributed by atoms with van der Waals surface area (Å²) in [5.41, 5.74) is 0.775. The largest absolute Gasteiger partial charge is 0.313 e. The maximum atomic E-state index is 13.8. The number of hydrogen-bond donors (Lipinski definition) is 1. The van der Waals surface area contributed by atoms with Gasteiger partial charge in [-0.05, 0) is 33.0 Å². The number of rotatable bonds is 8. The molecule has 108 valence electrons. The van der Waals surface area contributed by atoms with Gasteiger partial charge in [0.2, 0.25) is 0 Å². The Bertz CT molecular complexity index is 362. The molecule has 0 aromatic heterocycles. The standard InChI is InChI=1S/C16H27FN2/c1-5-9-14(18-6-2)12-19(4)13(3)15-10-7-8-11-16(15)17/h7-8,10-11,13-14,18H,5-6,9,12H2,1-4H3. The Kier molecular flexibility index (Phi) is 7.03. The van der Waals surface area contributed by atoms with E-state index in [1.807, 2.05) is 12.1 Å². The van der Waals surface area contributed by atoms with Gasteiger partial charge in [0.1, 0.15) is 5.82 Å². The summed E-state index contributed by atoms with van der Waals surface area (Å²) in [6.07, 6.45) is 2.32. The van der Waals surface area contributed by atoms with Crippen LogP contribution in [-0.4, -0.2) is 31.1 Å². The van der Waals surface area contributed by atoms with E-state index in [1.165, 1.54) is 12.5 Å². The zero-order valence-corrected chi connectivity index (χ0v) is 12.6. The zero-order chi connectivity index (χ0) is 14.3. The summed E-state index contributed by atoms with van der Waals surface area (Å²) in [6.45, 7) is 8.31. The molecule has 2 unspecified atom stereocenters. The fraction of sp³-hybridized carbons (Fsp3) is 0.625. The van der Waals surface area contributed by atoms with Gasteiger partial charge in [0.05, 0.1) is 0 Å². The summed E-state index contributed by atoms with van der Waals surface area (Å²) in [5.74, 6) is -0.114. The Morgan fingerprint density at radius 1 is 1.26 bits per heavy atom. The van der Waals surface area contributed by atoms with E-state index in [-0.39, 0.29) is 11.9 Å². The van der Waals surface area contributed by atoms with Crippen molar-refractivity contribution in [3.8, 4) is 0 Å². The monoisotopic (exact) mass is 266 g/mol. The molecule has 0 amide bonds. The zero-order valence-electron chi connectivity index (χ0n) is 12.6. The number of likely N-dealkylation sites (N-methyl/N-ethyl adjacent to an activating group) is 2. The highest BCUT2D eigenvalue weighted by Crippen LogP contribution is 2.21. The maximum absolute atomic E-state index is 13.8. The van der Waals surface area contributed by atoms with Crippen LogP contribution >= 0.6 is 0 Å². The van der Waals surface area contributed by atoms with Crippen molar-refractivity contribution in [1.82, 2.24) is 10.2 Å². The second kappa shape index (κ2) is 8.28. The summed E-state index contributed by atoms with van der Waals surface area (Å²) >= 11 is 0. The number of benzene rings is 1. The molecule has 0 aliphatic carbocycles. The lowest BCUT2D eigenvalue weighted by atomic mass is 10.1. The lowest BCUT2D eigenvalue weighted by Crippen LogP contribution is -2.40. The highest BCUT2D eigenvalue weighted by atomic mass is 19.1. The molecule has 0 fully saturated rings. The molecule has 1 aromatic carbocycles. The van der Waals surface area contributed by atoms with Crippen molar-refractivity contribution >= 4 is 0 Å². The molecule has 0 aliphatic rings. The van der Waals surface area contributed by atoms with Gasteiger partial charge in [-0.15, -0.1) is 0 Å². The van der Waals surface area contributed by atoms with Gasteiger partial charge < -0.3 is 5.32 Å². The second-order valence-electron chi connectivity index (χ2n) is 5.18. The van der Waals surface area contributed by atoms with Crippen LogP contribution < -0.4 is 5.32 Å². The van der Waals surface area contributed by atoms with Crippen molar-refractivity contribution in [2.75, 3.05) is 20.1 Å². The SMILES string of the molecule is CCCC(CN(C)C(C)c1ccccc1F)NCC. The van der Waals surface area contributed by atoms with Crippen molar-refractivity contribution in [1.29, 1.82) is 0 Å². The predicted molar refractivity (Wildman–Crippen MR) is 79.8 cm³/mol. The molecule has 0 bridgehead atoms. The average Bonchev–Trinajstić information content (AvgIpc) is 2.39. The van der Waals surface area contributed by atoms with Crippen molar-refractivity contribution in [2.24, 2.45) is 0 Å². The minimum Gasteiger partial charge on any atom is -0.313 e. The molecule has 0 spiro atoms. The Balaban J connectivity index is 2.65. The van der Waals surface area contributed by atoms with Gasteiger partial charge in [-0.3, -0.25) is 4.90 Å². The number of hydrogen-bond acceptors (Lipinski definition) is 2. The third-order valence-corrected chi connectivity index (χ3v) is 3.65. The maximum Gasteiger partial charge on any atom is 0.127 e. The fourth-order valence-electron chi connectivity index (χ4n) is 2.45. The van der Waals surface area contributed by atoms with Crippen LogP contribution in [0.5, 0.6) is 0 Å². The van der Waals surface area contributed by atoms with Gasteiger partial charge in [0.25, 0.3) is 0 Å². The van der Waals surface area contributed by atoms with Gasteiger partial charge >= 0.3 is 0 Å². The van der Waals surface area contributed by atoms with Crippen LogP contribution in [0.4, 0.5) is 4.39 Å². The van der Waals surface area contributed by atoms with E-state index in [4.69, 9.17) is 0 Å². The summed E-state index contributed by atoms with van der Waals surface area (Å²) in [4.78, 5) is 2.22. The van der Waals surface area contributed by atoms with Crippen molar-refractivity contribution < 1.29 is 4.39 Å². The minimum absolute atomic E-state index is 0.0965. The van der Waals surface area contributed by atoms with Gasteiger partial charge in [-0.25, -0.2) is 4.39 Å². The first-order valence-corrected chi connectivity index (χ1v) is 7.28. The molecule has 0 saturated heterocycles. The molecule has 1 aromatic rings. The average molecular weight is 266 g/mol. The van der Waals surface area contributed by atoms with Crippen molar-refractivity contribution in [3.05, 3.63) is 35.6 Å². The number of nitrogens with zero attached hydrogens (tertiary/aromatic N) is 1. The van der Waals surface area contributed by atoms with E-state index >= 15 is 0 Å². The van der Waals surface area contributed by atoms with Crippen LogP contribution in [0.2, 0.25) is 0 Å². The van der Waals surface area contributed by atoms with Crippen LogP contribution in [0.15, 0.2) is 24.3 Å². The van der Waals surface area contributed by atoms with E-state index < -0.39 is 0 Å². The van der Waals surface area contributed by atoms with Crippen LogP contribution in [0.25, 0.3) is 0 Å². The smallest absolute Gasteiger partial charge is 0.127 e. The third-order valence-electron chi connectivity index (χ3n) is 3.65. The molecular weight excluding hydrogens is 239 g/mol. The minimum atomic E-state index is -0.114. The molecule has 2 atom stereocenters. The number of nitrogens with one attached hydrogen (secondary N) is 1. The Morgan fingerprint density at radius 3 is 2.53 bits per heavy atom. The van der Waals surface area contributed by atoms with Gasteiger partial charge in [0, 0.05) is 24.2 Å². The predicted octanol–water partition coefficient (Wildman–Crippen LogP) is 3.60. The summed E-state index contributed by atoms with van der Waals surface area (Å²) in [6, 6.07) is 7.63. The molecule has 0 radical (unpaired) electrons. The van der Waals surface area contributed by atoms with Gasteiger partial charge in [-0.2, -0.15) is 0 Å². The third kappa shape index (κ3) is 4.92. The first-order valence-electron chi connectivity index (χ1n) is 7.28. The van der Waals surface area contributed by atoms with E-state index in [9.17, 15) is 4.39 Å². The van der Waals surface area contributed by atoms with Crippen molar-refractivity contribution in [3.63, 3.8) is 0 Å². The van der Waals surface area contributed by atoms with E-state index in [0.717, 1.165) is 25.1 Å². The molecular formula is C16H27FN2. The Hall–Kier alpha value is -0.930. The van der Waals surface area contributed by atoms with Crippen LogP contribution in [0, 0.1) is 5.82 Å². The normalized spacial score (nSPS) is 14.6. The fourth-order valence-corrected chi connectivity index (χ4v) is 2.45. The second-order valence-corrected chi connectivity index (χ2v) is 5.18. The summed E-state index contributed by atoms with van der Waals surface area (Å²) in [5, 5.41) is 3.50. The first kappa shape index (κ1) is 16.1. The van der Waals surface area contributed by atoms with E-state index in [2.05, 4.69) is 38.0 Å². The highest BCUT2D eigenvalue weighted by Gasteiger charge is 2.18. The molecule has 0 aliphatic heterocycles. The molecule has 1 N–H and O–H groups in total. The molecule has 1 rings (SSSR count). The summed E-state index contributed by atoms with van der Waals surface area (Å²) < 4.78 is 13.8. The van der Waals surface area contributed by atoms with Gasteiger partial charge in [-0.1, -0.05) is 38.5 Å². The molecule has 19 heavy (non-hydrogen) atoms. The van der Waals surface area contributed by atoms with Gasteiger partial charge in [0.15, 0.2) is 0 Å².